The monoisotopic (exact) mass is 490 g/mol. The molecule has 9 nitrogen and oxygen atoms in total. The van der Waals surface area contributed by atoms with Gasteiger partial charge < -0.3 is 30.5 Å². The second kappa shape index (κ2) is 11.0. The number of aromatic amines is 1. The topological polar surface area (TPSA) is 136 Å². The summed E-state index contributed by atoms with van der Waals surface area (Å²) >= 11 is 0. The molecular formula is C26H31BN4O5. The molecule has 0 radical (unpaired) electrons. The fraction of sp³-hybridized carbons (Fsp3) is 0.346. The maximum Gasteiger partial charge on any atom is 0.475 e. The number of para-hydroxylation sites is 1. The summed E-state index contributed by atoms with van der Waals surface area (Å²) in [6.45, 7) is 3.98. The van der Waals surface area contributed by atoms with Crippen molar-refractivity contribution in [3.63, 3.8) is 0 Å². The van der Waals surface area contributed by atoms with Gasteiger partial charge in [-0.25, -0.2) is 0 Å². The lowest BCUT2D eigenvalue weighted by Crippen LogP contribution is -2.56. The second-order valence-corrected chi connectivity index (χ2v) is 9.64. The summed E-state index contributed by atoms with van der Waals surface area (Å²) in [4.78, 5) is 35.1. The van der Waals surface area contributed by atoms with Gasteiger partial charge in [-0.1, -0.05) is 67.5 Å². The van der Waals surface area contributed by atoms with Crippen molar-refractivity contribution < 1.29 is 24.5 Å². The third-order valence-electron chi connectivity index (χ3n) is 6.27. The zero-order valence-electron chi connectivity index (χ0n) is 20.4. The SMILES string of the molecule is CC(C)CC(NC(=O)C1(Cc2ccccc2)CC(CNC(=O)c2c[nH]c3ccccc23)=NO1)B(O)O. The normalized spacial score (nSPS) is 18.0. The van der Waals surface area contributed by atoms with Gasteiger partial charge >= 0.3 is 7.12 Å². The van der Waals surface area contributed by atoms with E-state index in [-0.39, 0.29) is 31.2 Å². The van der Waals surface area contributed by atoms with Crippen LogP contribution in [-0.2, 0) is 16.1 Å². The number of nitrogens with one attached hydrogen (secondary N) is 3. The van der Waals surface area contributed by atoms with Crippen LogP contribution in [-0.4, -0.2) is 57.8 Å². The summed E-state index contributed by atoms with van der Waals surface area (Å²) in [6, 6.07) is 16.9. The molecule has 2 unspecified atom stereocenters. The average Bonchev–Trinajstić information content (AvgIpc) is 3.47. The molecule has 0 saturated heterocycles. The van der Waals surface area contributed by atoms with Crippen LogP contribution in [0.5, 0.6) is 0 Å². The predicted octanol–water partition coefficient (Wildman–Crippen LogP) is 2.20. The zero-order valence-corrected chi connectivity index (χ0v) is 20.4. The van der Waals surface area contributed by atoms with Crippen LogP contribution in [0.25, 0.3) is 10.9 Å². The first-order valence-electron chi connectivity index (χ1n) is 12.1. The van der Waals surface area contributed by atoms with Gasteiger partial charge in [0.1, 0.15) is 0 Å². The summed E-state index contributed by atoms with van der Waals surface area (Å²) in [5.41, 5.74) is 1.40. The van der Waals surface area contributed by atoms with Crippen LogP contribution in [0.3, 0.4) is 0 Å². The van der Waals surface area contributed by atoms with Crippen LogP contribution in [0.1, 0.15) is 42.6 Å². The number of hydrogen-bond donors (Lipinski definition) is 5. The standard InChI is InChI=1S/C26H31BN4O5/c1-17(2)12-23(27(34)35)30-25(33)26(13-18-8-4-3-5-9-18)14-19(31-36-26)15-29-24(32)21-16-28-22-11-7-6-10-20(21)22/h3-11,16-17,23,28,34-35H,12-15H2,1-2H3,(H,29,32)(H,30,33). The first kappa shape index (κ1) is 25.5. The first-order chi connectivity index (χ1) is 17.3. The Morgan fingerprint density at radius 3 is 2.58 bits per heavy atom. The van der Waals surface area contributed by atoms with Crippen LogP contribution in [0.2, 0.25) is 0 Å². The highest BCUT2D eigenvalue weighted by Crippen LogP contribution is 2.29. The number of benzene rings is 2. The highest BCUT2D eigenvalue weighted by molar-refractivity contribution is 6.43. The molecule has 1 aromatic heterocycles. The minimum absolute atomic E-state index is 0.111. The number of hydrogen-bond acceptors (Lipinski definition) is 6. The molecule has 1 aliphatic heterocycles. The third kappa shape index (κ3) is 5.77. The van der Waals surface area contributed by atoms with Crippen molar-refractivity contribution in [2.24, 2.45) is 11.1 Å². The molecule has 0 bridgehead atoms. The van der Waals surface area contributed by atoms with Crippen molar-refractivity contribution in [2.75, 3.05) is 6.54 Å². The van der Waals surface area contributed by atoms with Gasteiger partial charge in [0.15, 0.2) is 0 Å². The van der Waals surface area contributed by atoms with E-state index in [0.29, 0.717) is 17.7 Å². The van der Waals surface area contributed by atoms with E-state index in [2.05, 4.69) is 20.8 Å². The first-order valence-corrected chi connectivity index (χ1v) is 12.1. The lowest BCUT2D eigenvalue weighted by atomic mass is 9.74. The van der Waals surface area contributed by atoms with E-state index in [1.54, 1.807) is 6.20 Å². The number of carbonyl (C=O) groups is 2. The molecule has 2 amide bonds. The minimum Gasteiger partial charge on any atom is -0.426 e. The van der Waals surface area contributed by atoms with Crippen molar-refractivity contribution in [3.8, 4) is 0 Å². The molecule has 3 aromatic rings. The van der Waals surface area contributed by atoms with Crippen LogP contribution in [0, 0.1) is 5.92 Å². The van der Waals surface area contributed by atoms with E-state index in [1.165, 1.54) is 0 Å². The van der Waals surface area contributed by atoms with Gasteiger partial charge in [-0.15, -0.1) is 0 Å². The highest BCUT2D eigenvalue weighted by atomic mass is 16.7. The van der Waals surface area contributed by atoms with Crippen molar-refractivity contribution in [1.29, 1.82) is 0 Å². The predicted molar refractivity (Wildman–Crippen MR) is 138 cm³/mol. The lowest BCUT2D eigenvalue weighted by Gasteiger charge is -2.29. The molecule has 188 valence electrons. The molecular weight excluding hydrogens is 459 g/mol. The van der Waals surface area contributed by atoms with Crippen LogP contribution in [0.4, 0.5) is 0 Å². The molecule has 0 spiro atoms. The van der Waals surface area contributed by atoms with Crippen molar-refractivity contribution in [2.45, 2.75) is 44.7 Å². The van der Waals surface area contributed by atoms with E-state index in [0.717, 1.165) is 16.5 Å². The molecule has 2 aromatic carbocycles. The van der Waals surface area contributed by atoms with Gasteiger partial charge in [0.2, 0.25) is 5.60 Å². The maximum atomic E-state index is 13.5. The molecule has 5 N–H and O–H groups in total. The highest BCUT2D eigenvalue weighted by Gasteiger charge is 2.48. The van der Waals surface area contributed by atoms with Gasteiger partial charge in [-0.05, 0) is 24.0 Å². The number of amides is 2. The molecule has 1 aliphatic rings. The summed E-state index contributed by atoms with van der Waals surface area (Å²) in [5.74, 6) is -1.45. The molecule has 10 heteroatoms. The van der Waals surface area contributed by atoms with E-state index in [1.807, 2.05) is 68.4 Å². The Kier molecular flexibility index (Phi) is 7.76. The number of H-pyrrole nitrogens is 1. The van der Waals surface area contributed by atoms with Crippen LogP contribution < -0.4 is 10.6 Å². The maximum absolute atomic E-state index is 13.5. The Morgan fingerprint density at radius 2 is 1.86 bits per heavy atom. The van der Waals surface area contributed by atoms with Crippen LogP contribution >= 0.6 is 0 Å². The van der Waals surface area contributed by atoms with E-state index in [4.69, 9.17) is 4.84 Å². The van der Waals surface area contributed by atoms with E-state index < -0.39 is 24.6 Å². The van der Waals surface area contributed by atoms with Crippen molar-refractivity contribution >= 4 is 35.5 Å². The smallest absolute Gasteiger partial charge is 0.426 e. The molecule has 4 rings (SSSR count). The molecule has 36 heavy (non-hydrogen) atoms. The van der Waals surface area contributed by atoms with Gasteiger partial charge in [-0.2, -0.15) is 0 Å². The number of nitrogens with zero attached hydrogens (tertiary/aromatic N) is 1. The molecule has 0 saturated carbocycles. The Hall–Kier alpha value is -3.63. The van der Waals surface area contributed by atoms with Crippen molar-refractivity contribution in [1.82, 2.24) is 15.6 Å². The molecule has 2 atom stereocenters. The van der Waals surface area contributed by atoms with Gasteiger partial charge in [0.05, 0.1) is 23.8 Å². The fourth-order valence-corrected chi connectivity index (χ4v) is 4.46. The summed E-state index contributed by atoms with van der Waals surface area (Å²) in [5, 5.41) is 30.2. The molecule has 0 aliphatic carbocycles. The Labute approximate surface area is 210 Å². The summed E-state index contributed by atoms with van der Waals surface area (Å²) < 4.78 is 0. The quantitative estimate of drug-likeness (QED) is 0.278. The number of carbonyl (C=O) groups excluding carboxylic acids is 2. The van der Waals surface area contributed by atoms with E-state index >= 15 is 0 Å². The third-order valence-corrected chi connectivity index (χ3v) is 6.27. The Morgan fingerprint density at radius 1 is 1.14 bits per heavy atom. The zero-order chi connectivity index (χ0) is 25.7. The van der Waals surface area contributed by atoms with E-state index in [9.17, 15) is 19.6 Å². The number of fused-ring (bicyclic) bond motifs is 1. The number of oxime groups is 1. The largest absolute Gasteiger partial charge is 0.475 e. The van der Waals surface area contributed by atoms with Crippen molar-refractivity contribution in [3.05, 3.63) is 71.9 Å². The van der Waals surface area contributed by atoms with Gasteiger partial charge in [-0.3, -0.25) is 9.59 Å². The number of rotatable bonds is 10. The summed E-state index contributed by atoms with van der Waals surface area (Å²) in [7, 11) is -1.71. The second-order valence-electron chi connectivity index (χ2n) is 9.64. The number of aromatic nitrogens is 1. The fourth-order valence-electron chi connectivity index (χ4n) is 4.46. The molecule has 2 heterocycles. The Bertz CT molecular complexity index is 1240. The average molecular weight is 490 g/mol. The van der Waals surface area contributed by atoms with Gasteiger partial charge in [0.25, 0.3) is 11.8 Å². The summed E-state index contributed by atoms with van der Waals surface area (Å²) in [6.07, 6.45) is 2.44. The van der Waals surface area contributed by atoms with Gasteiger partial charge in [0, 0.05) is 29.9 Å². The van der Waals surface area contributed by atoms with Crippen LogP contribution in [0.15, 0.2) is 65.9 Å². The molecule has 0 fully saturated rings. The minimum atomic E-state index is -1.71. The Balaban J connectivity index is 1.47. The lowest BCUT2D eigenvalue weighted by molar-refractivity contribution is -0.144.